The van der Waals surface area contributed by atoms with E-state index in [1.54, 1.807) is 0 Å². The van der Waals surface area contributed by atoms with Crippen molar-refractivity contribution < 1.29 is 9.84 Å². The summed E-state index contributed by atoms with van der Waals surface area (Å²) >= 11 is 0. The standard InChI is InChI=1S/C17H26O2/c1-3-5-8-13(4-2)12-19-16-11-14-9-6-7-10-15(14)17(16)18/h6-7,9-10,13,16-18H,3-5,8,11-12H2,1-2H3. The number of hydrogen-bond donors (Lipinski definition) is 1. The van der Waals surface area contributed by atoms with E-state index >= 15 is 0 Å². The lowest BCUT2D eigenvalue weighted by Gasteiger charge is -2.20. The van der Waals surface area contributed by atoms with Crippen molar-refractivity contribution >= 4 is 0 Å². The molecule has 0 saturated heterocycles. The molecule has 0 radical (unpaired) electrons. The van der Waals surface area contributed by atoms with Gasteiger partial charge in [0.15, 0.2) is 0 Å². The zero-order valence-corrected chi connectivity index (χ0v) is 12.1. The first kappa shape index (κ1) is 14.5. The molecule has 0 spiro atoms. The average Bonchev–Trinajstić information content (AvgIpc) is 2.76. The van der Waals surface area contributed by atoms with Crippen molar-refractivity contribution in [1.29, 1.82) is 0 Å². The molecule has 3 unspecified atom stereocenters. The van der Waals surface area contributed by atoms with E-state index in [1.165, 1.54) is 24.8 Å². The van der Waals surface area contributed by atoms with Crippen LogP contribution in [0.25, 0.3) is 0 Å². The lowest BCUT2D eigenvalue weighted by molar-refractivity contribution is -0.0422. The van der Waals surface area contributed by atoms with Crippen molar-refractivity contribution in [2.24, 2.45) is 5.92 Å². The summed E-state index contributed by atoms with van der Waals surface area (Å²) in [7, 11) is 0. The molecule has 2 rings (SSSR count). The fourth-order valence-electron chi connectivity index (χ4n) is 2.85. The molecule has 3 atom stereocenters. The van der Waals surface area contributed by atoms with Crippen LogP contribution in [0.4, 0.5) is 0 Å². The highest BCUT2D eigenvalue weighted by Crippen LogP contribution is 2.33. The highest BCUT2D eigenvalue weighted by atomic mass is 16.5. The highest BCUT2D eigenvalue weighted by molar-refractivity contribution is 5.35. The second kappa shape index (κ2) is 7.06. The van der Waals surface area contributed by atoms with E-state index in [1.807, 2.05) is 18.2 Å². The van der Waals surface area contributed by atoms with Crippen LogP contribution in [-0.2, 0) is 11.2 Å². The monoisotopic (exact) mass is 262 g/mol. The minimum absolute atomic E-state index is 0.0481. The first-order valence-corrected chi connectivity index (χ1v) is 7.63. The molecule has 0 aromatic heterocycles. The summed E-state index contributed by atoms with van der Waals surface area (Å²) in [5.41, 5.74) is 2.29. The Bertz CT molecular complexity index is 389. The quantitative estimate of drug-likeness (QED) is 0.808. The number of aliphatic hydroxyl groups is 1. The van der Waals surface area contributed by atoms with Gasteiger partial charge in [-0.05, 0) is 23.5 Å². The molecule has 1 aromatic carbocycles. The molecule has 0 saturated carbocycles. The van der Waals surface area contributed by atoms with Crippen LogP contribution in [-0.4, -0.2) is 17.8 Å². The van der Waals surface area contributed by atoms with Gasteiger partial charge in [0.25, 0.3) is 0 Å². The molecule has 2 heteroatoms. The largest absolute Gasteiger partial charge is 0.386 e. The Hall–Kier alpha value is -0.860. The molecule has 2 nitrogen and oxygen atoms in total. The van der Waals surface area contributed by atoms with Crippen LogP contribution >= 0.6 is 0 Å². The first-order valence-electron chi connectivity index (χ1n) is 7.63. The predicted molar refractivity (Wildman–Crippen MR) is 78.2 cm³/mol. The third-order valence-corrected chi connectivity index (χ3v) is 4.24. The van der Waals surface area contributed by atoms with E-state index in [4.69, 9.17) is 4.74 Å². The number of aliphatic hydroxyl groups excluding tert-OH is 1. The van der Waals surface area contributed by atoms with Gasteiger partial charge < -0.3 is 9.84 Å². The molecule has 1 aliphatic rings. The minimum Gasteiger partial charge on any atom is -0.386 e. The third-order valence-electron chi connectivity index (χ3n) is 4.24. The second-order valence-corrected chi connectivity index (χ2v) is 5.64. The molecule has 0 fully saturated rings. The highest BCUT2D eigenvalue weighted by Gasteiger charge is 2.31. The van der Waals surface area contributed by atoms with Crippen molar-refractivity contribution in [3.05, 3.63) is 35.4 Å². The van der Waals surface area contributed by atoms with Gasteiger partial charge in [-0.1, -0.05) is 57.4 Å². The summed E-state index contributed by atoms with van der Waals surface area (Å²) in [6.07, 6.45) is 5.27. The number of benzene rings is 1. The van der Waals surface area contributed by atoms with Gasteiger partial charge in [0.2, 0.25) is 0 Å². The Labute approximate surface area is 116 Å². The van der Waals surface area contributed by atoms with E-state index < -0.39 is 6.10 Å². The first-order chi connectivity index (χ1) is 9.26. The van der Waals surface area contributed by atoms with Gasteiger partial charge in [0.1, 0.15) is 6.10 Å². The van der Waals surface area contributed by atoms with Crippen molar-refractivity contribution in [2.45, 2.75) is 58.2 Å². The molecule has 1 N–H and O–H groups in total. The van der Waals surface area contributed by atoms with Crippen LogP contribution < -0.4 is 0 Å². The summed E-state index contributed by atoms with van der Waals surface area (Å²) in [5.74, 6) is 0.635. The Morgan fingerprint density at radius 1 is 1.32 bits per heavy atom. The normalized spacial score (nSPS) is 23.3. The lowest BCUT2D eigenvalue weighted by Crippen LogP contribution is -2.22. The fourth-order valence-corrected chi connectivity index (χ4v) is 2.85. The molecular weight excluding hydrogens is 236 g/mol. The van der Waals surface area contributed by atoms with Crippen LogP contribution in [0.3, 0.4) is 0 Å². The molecular formula is C17H26O2. The SMILES string of the molecule is CCCCC(CC)COC1Cc2ccccc2C1O. The molecule has 0 heterocycles. The van der Waals surface area contributed by atoms with Gasteiger partial charge >= 0.3 is 0 Å². The topological polar surface area (TPSA) is 29.5 Å². The van der Waals surface area contributed by atoms with Crippen LogP contribution in [0.1, 0.15) is 56.8 Å². The van der Waals surface area contributed by atoms with Gasteiger partial charge in [-0.15, -0.1) is 0 Å². The van der Waals surface area contributed by atoms with E-state index in [0.29, 0.717) is 5.92 Å². The van der Waals surface area contributed by atoms with Crippen LogP contribution in [0.5, 0.6) is 0 Å². The molecule has 0 amide bonds. The van der Waals surface area contributed by atoms with Crippen LogP contribution in [0.2, 0.25) is 0 Å². The predicted octanol–water partition coefficient (Wildman–Crippen LogP) is 3.88. The van der Waals surface area contributed by atoms with Gasteiger partial charge in [0.05, 0.1) is 6.10 Å². The molecule has 0 bridgehead atoms. The summed E-state index contributed by atoms with van der Waals surface area (Å²) in [5, 5.41) is 10.3. The van der Waals surface area contributed by atoms with Crippen LogP contribution in [0, 0.1) is 5.92 Å². The maximum atomic E-state index is 10.3. The Morgan fingerprint density at radius 3 is 2.79 bits per heavy atom. The molecule has 1 aliphatic carbocycles. The Kier molecular flexibility index (Phi) is 5.41. The molecule has 1 aromatic rings. The Balaban J connectivity index is 1.85. The number of hydrogen-bond acceptors (Lipinski definition) is 2. The van der Waals surface area contributed by atoms with Crippen molar-refractivity contribution in [3.63, 3.8) is 0 Å². The van der Waals surface area contributed by atoms with Gasteiger partial charge in [-0.25, -0.2) is 0 Å². The smallest absolute Gasteiger partial charge is 0.106 e. The van der Waals surface area contributed by atoms with Crippen molar-refractivity contribution in [1.82, 2.24) is 0 Å². The summed E-state index contributed by atoms with van der Waals surface area (Å²) in [6, 6.07) is 8.12. The van der Waals surface area contributed by atoms with Gasteiger partial charge in [-0.2, -0.15) is 0 Å². The van der Waals surface area contributed by atoms with E-state index in [-0.39, 0.29) is 6.10 Å². The second-order valence-electron chi connectivity index (χ2n) is 5.64. The lowest BCUT2D eigenvalue weighted by atomic mass is 10.0. The van der Waals surface area contributed by atoms with E-state index in [2.05, 4.69) is 19.9 Å². The number of fused-ring (bicyclic) bond motifs is 1. The fraction of sp³-hybridized carbons (Fsp3) is 0.647. The number of ether oxygens (including phenoxy) is 1. The summed E-state index contributed by atoms with van der Waals surface area (Å²) in [6.45, 7) is 5.24. The van der Waals surface area contributed by atoms with Crippen LogP contribution in [0.15, 0.2) is 24.3 Å². The average molecular weight is 262 g/mol. The van der Waals surface area contributed by atoms with Crippen molar-refractivity contribution in [3.8, 4) is 0 Å². The zero-order chi connectivity index (χ0) is 13.7. The van der Waals surface area contributed by atoms with Gasteiger partial charge in [0, 0.05) is 13.0 Å². The third kappa shape index (κ3) is 3.58. The molecule has 0 aliphatic heterocycles. The maximum absolute atomic E-state index is 10.3. The van der Waals surface area contributed by atoms with E-state index in [9.17, 15) is 5.11 Å². The summed E-state index contributed by atoms with van der Waals surface area (Å²) in [4.78, 5) is 0. The summed E-state index contributed by atoms with van der Waals surface area (Å²) < 4.78 is 6.00. The molecule has 106 valence electrons. The van der Waals surface area contributed by atoms with Crippen molar-refractivity contribution in [2.75, 3.05) is 6.61 Å². The van der Waals surface area contributed by atoms with Gasteiger partial charge in [-0.3, -0.25) is 0 Å². The Morgan fingerprint density at radius 2 is 2.11 bits per heavy atom. The van der Waals surface area contributed by atoms with E-state index in [0.717, 1.165) is 25.0 Å². The number of unbranched alkanes of at least 4 members (excludes halogenated alkanes) is 1. The molecule has 19 heavy (non-hydrogen) atoms. The minimum atomic E-state index is -0.445. The maximum Gasteiger partial charge on any atom is 0.106 e. The zero-order valence-electron chi connectivity index (χ0n) is 12.1. The number of rotatable bonds is 7.